The molecule has 0 bridgehead atoms. The van der Waals surface area contributed by atoms with Crippen LogP contribution in [0.15, 0.2) is 0 Å². The maximum Gasteiger partial charge on any atom is 0.325 e. The quantitative estimate of drug-likeness (QED) is 0.472. The first-order valence-corrected chi connectivity index (χ1v) is 4.57. The maximum absolute atomic E-state index is 10.8. The molecule has 0 aromatic heterocycles. The number of rotatable bonds is 2. The minimum atomic E-state index is -1.71. The Kier molecular flexibility index (Phi) is 3.31. The molecule has 0 spiro atoms. The van der Waals surface area contributed by atoms with Crippen LogP contribution < -0.4 is 0 Å². The molecule has 0 rings (SSSR count). The van der Waals surface area contributed by atoms with E-state index in [4.69, 9.17) is 10.7 Å². The van der Waals surface area contributed by atoms with Gasteiger partial charge in [-0.1, -0.05) is 0 Å². The Morgan fingerprint density at radius 2 is 2.00 bits per heavy atom. The third-order valence-corrected chi connectivity index (χ3v) is 3.20. The number of carbonyl (C=O) groups excluding carboxylic acids is 1. The van der Waals surface area contributed by atoms with E-state index in [1.807, 2.05) is 0 Å². The number of methoxy groups -OCH3 is 1. The highest BCUT2D eigenvalue weighted by Crippen LogP contribution is 2.17. The predicted molar refractivity (Wildman–Crippen MR) is 40.1 cm³/mol. The van der Waals surface area contributed by atoms with E-state index < -0.39 is 20.7 Å². The van der Waals surface area contributed by atoms with Gasteiger partial charge in [-0.15, -0.1) is 0 Å². The zero-order valence-corrected chi connectivity index (χ0v) is 7.58. The van der Waals surface area contributed by atoms with Crippen LogP contribution in [0.2, 0.25) is 0 Å². The smallest absolute Gasteiger partial charge is 0.325 e. The summed E-state index contributed by atoms with van der Waals surface area (Å²) in [5.74, 6) is -0.569. The fourth-order valence-corrected chi connectivity index (χ4v) is 0.715. The Morgan fingerprint density at radius 3 is 2.10 bits per heavy atom. The zero-order chi connectivity index (χ0) is 8.36. The van der Waals surface area contributed by atoms with E-state index in [1.165, 1.54) is 21.0 Å². The van der Waals surface area contributed by atoms with Crippen molar-refractivity contribution in [3.8, 4) is 0 Å². The second-order valence-corrected chi connectivity index (χ2v) is 4.53. The van der Waals surface area contributed by atoms with Gasteiger partial charge in [0.05, 0.1) is 7.11 Å². The predicted octanol–water partition coefficient (Wildman–Crippen LogP) is 0.840. The first-order valence-electron chi connectivity index (χ1n) is 2.59. The van der Waals surface area contributed by atoms with Crippen LogP contribution in [0.1, 0.15) is 13.8 Å². The molecule has 0 aliphatic carbocycles. The molecule has 0 saturated heterocycles. The van der Waals surface area contributed by atoms with Crippen LogP contribution in [-0.4, -0.2) is 22.0 Å². The lowest BCUT2D eigenvalue weighted by Gasteiger charge is -2.15. The number of halogens is 1. The SMILES string of the molecule is COC(=O)C(C)(C)S(=O)Cl. The highest BCUT2D eigenvalue weighted by Gasteiger charge is 2.34. The van der Waals surface area contributed by atoms with Crippen molar-refractivity contribution < 1.29 is 13.7 Å². The Morgan fingerprint density at radius 1 is 1.60 bits per heavy atom. The molecule has 0 aliphatic rings. The molecule has 1 unspecified atom stereocenters. The Bertz CT molecular complexity index is 166. The average Bonchev–Trinajstić information content (AvgIpc) is 1.86. The number of hydrogen-bond donors (Lipinski definition) is 0. The van der Waals surface area contributed by atoms with Crippen molar-refractivity contribution in [2.75, 3.05) is 7.11 Å². The van der Waals surface area contributed by atoms with Crippen molar-refractivity contribution in [3.63, 3.8) is 0 Å². The molecule has 0 aromatic rings. The molecule has 0 fully saturated rings. The third-order valence-electron chi connectivity index (χ3n) is 1.08. The lowest BCUT2D eigenvalue weighted by Crippen LogP contribution is -2.35. The van der Waals surface area contributed by atoms with Crippen molar-refractivity contribution in [2.24, 2.45) is 0 Å². The molecule has 0 radical (unpaired) electrons. The second kappa shape index (κ2) is 3.34. The van der Waals surface area contributed by atoms with Gasteiger partial charge in [-0.2, -0.15) is 0 Å². The summed E-state index contributed by atoms with van der Waals surface area (Å²) in [6.45, 7) is 2.92. The summed E-state index contributed by atoms with van der Waals surface area (Å²) < 4.78 is 13.9. The molecule has 1 atom stereocenters. The summed E-state index contributed by atoms with van der Waals surface area (Å²) in [5.41, 5.74) is 0. The van der Waals surface area contributed by atoms with Gasteiger partial charge in [0.2, 0.25) is 0 Å². The summed E-state index contributed by atoms with van der Waals surface area (Å²) in [6, 6.07) is 0. The topological polar surface area (TPSA) is 43.4 Å². The Labute approximate surface area is 66.7 Å². The van der Waals surface area contributed by atoms with Crippen LogP contribution >= 0.6 is 10.7 Å². The fourth-order valence-electron chi connectivity index (χ4n) is 0.311. The van der Waals surface area contributed by atoms with Crippen LogP contribution in [-0.2, 0) is 19.5 Å². The van der Waals surface area contributed by atoms with Crippen LogP contribution in [0.5, 0.6) is 0 Å². The Hall–Kier alpha value is -0.0900. The van der Waals surface area contributed by atoms with Gasteiger partial charge >= 0.3 is 5.97 Å². The largest absolute Gasteiger partial charge is 0.468 e. The van der Waals surface area contributed by atoms with Crippen molar-refractivity contribution in [1.82, 2.24) is 0 Å². The summed E-state index contributed by atoms with van der Waals surface area (Å²) in [7, 11) is 4.74. The van der Waals surface area contributed by atoms with Crippen molar-refractivity contribution in [3.05, 3.63) is 0 Å². The van der Waals surface area contributed by atoms with E-state index in [2.05, 4.69) is 4.74 Å². The first kappa shape index (κ1) is 9.91. The van der Waals surface area contributed by atoms with Gasteiger partial charge in [-0.25, -0.2) is 4.21 Å². The minimum absolute atomic E-state index is 0.569. The van der Waals surface area contributed by atoms with Gasteiger partial charge in [0, 0.05) is 0 Å². The molecule has 0 N–H and O–H groups in total. The molecule has 0 saturated carbocycles. The lowest BCUT2D eigenvalue weighted by atomic mass is 10.2. The van der Waals surface area contributed by atoms with Crippen LogP contribution in [0, 0.1) is 0 Å². The van der Waals surface area contributed by atoms with Crippen LogP contribution in [0.25, 0.3) is 0 Å². The minimum Gasteiger partial charge on any atom is -0.468 e. The average molecular weight is 185 g/mol. The van der Waals surface area contributed by atoms with Crippen LogP contribution in [0.4, 0.5) is 0 Å². The highest BCUT2D eigenvalue weighted by atomic mass is 35.7. The number of ether oxygens (including phenoxy) is 1. The van der Waals surface area contributed by atoms with Gasteiger partial charge < -0.3 is 4.74 Å². The van der Waals surface area contributed by atoms with E-state index in [-0.39, 0.29) is 0 Å². The van der Waals surface area contributed by atoms with Crippen molar-refractivity contribution >= 4 is 26.7 Å². The summed E-state index contributed by atoms with van der Waals surface area (Å²) in [6.07, 6.45) is 0. The fraction of sp³-hybridized carbons (Fsp3) is 0.800. The molecule has 60 valence electrons. The number of hydrogen-bond acceptors (Lipinski definition) is 3. The normalized spacial score (nSPS) is 14.4. The second-order valence-electron chi connectivity index (χ2n) is 2.23. The van der Waals surface area contributed by atoms with E-state index in [1.54, 1.807) is 0 Å². The summed E-state index contributed by atoms with van der Waals surface area (Å²) in [5, 5.41) is 0. The zero-order valence-electron chi connectivity index (χ0n) is 6.01. The van der Waals surface area contributed by atoms with E-state index in [9.17, 15) is 9.00 Å². The molecule has 0 amide bonds. The highest BCUT2D eigenvalue weighted by molar-refractivity contribution is 8.09. The number of esters is 1. The van der Waals surface area contributed by atoms with Crippen molar-refractivity contribution in [1.29, 1.82) is 0 Å². The molecule has 3 nitrogen and oxygen atoms in total. The van der Waals surface area contributed by atoms with Gasteiger partial charge in [0.15, 0.2) is 4.75 Å². The van der Waals surface area contributed by atoms with E-state index >= 15 is 0 Å². The molecule has 0 heterocycles. The van der Waals surface area contributed by atoms with Gasteiger partial charge in [-0.3, -0.25) is 4.79 Å². The molecule has 10 heavy (non-hydrogen) atoms. The standard InChI is InChI=1S/C5H9ClO3S/c1-5(2,10(6)8)4(7)9-3/h1-3H3. The molecular formula is C5H9ClO3S. The van der Waals surface area contributed by atoms with Gasteiger partial charge in [0.25, 0.3) is 0 Å². The van der Waals surface area contributed by atoms with Crippen LogP contribution in [0.3, 0.4) is 0 Å². The summed E-state index contributed by atoms with van der Waals surface area (Å²) in [4.78, 5) is 10.8. The first-order chi connectivity index (χ1) is 4.42. The molecule has 0 aromatic carbocycles. The van der Waals surface area contributed by atoms with E-state index in [0.29, 0.717) is 0 Å². The maximum atomic E-state index is 10.8. The van der Waals surface area contributed by atoms with Crippen molar-refractivity contribution in [2.45, 2.75) is 18.6 Å². The molecule has 5 heteroatoms. The van der Waals surface area contributed by atoms with Gasteiger partial charge in [-0.05, 0) is 24.5 Å². The van der Waals surface area contributed by atoms with Gasteiger partial charge in [0.1, 0.15) is 10.0 Å². The Balaban J connectivity index is 4.40. The third kappa shape index (κ3) is 1.95. The monoisotopic (exact) mass is 184 g/mol. The number of carbonyl (C=O) groups is 1. The summed E-state index contributed by atoms with van der Waals surface area (Å²) >= 11 is 0. The molecular weight excluding hydrogens is 176 g/mol. The van der Waals surface area contributed by atoms with E-state index in [0.717, 1.165) is 0 Å². The lowest BCUT2D eigenvalue weighted by molar-refractivity contribution is -0.142. The molecule has 0 aliphatic heterocycles.